The van der Waals surface area contributed by atoms with Crippen molar-refractivity contribution >= 4 is 21.7 Å². The Bertz CT molecular complexity index is 284. The predicted octanol–water partition coefficient (Wildman–Crippen LogP) is 2.06. The summed E-state index contributed by atoms with van der Waals surface area (Å²) in [6.07, 6.45) is 1.99. The van der Waals surface area contributed by atoms with Crippen LogP contribution in [0, 0.1) is 0 Å². The lowest BCUT2D eigenvalue weighted by atomic mass is 10.2. The van der Waals surface area contributed by atoms with Crippen molar-refractivity contribution in [2.24, 2.45) is 0 Å². The number of Topliss-reactive ketones (excluding diaryl/α,β-unsaturated/α-hetero) is 1. The molecular formula is C9H10BrNO2. The van der Waals surface area contributed by atoms with E-state index in [0.29, 0.717) is 18.7 Å². The van der Waals surface area contributed by atoms with E-state index < -0.39 is 0 Å². The molecule has 0 aliphatic heterocycles. The SMILES string of the molecule is COCCC(=O)c1ccc(Br)cn1. The zero-order valence-corrected chi connectivity index (χ0v) is 8.87. The zero-order chi connectivity index (χ0) is 9.68. The van der Waals surface area contributed by atoms with Gasteiger partial charge in [0.2, 0.25) is 0 Å². The van der Waals surface area contributed by atoms with Gasteiger partial charge in [-0.25, -0.2) is 0 Å². The van der Waals surface area contributed by atoms with Crippen LogP contribution in [0.15, 0.2) is 22.8 Å². The summed E-state index contributed by atoms with van der Waals surface area (Å²) in [6.45, 7) is 0.441. The van der Waals surface area contributed by atoms with Gasteiger partial charge in [-0.05, 0) is 28.1 Å². The van der Waals surface area contributed by atoms with E-state index in [4.69, 9.17) is 4.74 Å². The Kier molecular flexibility index (Phi) is 4.05. The normalized spacial score (nSPS) is 10.0. The number of ketones is 1. The number of ether oxygens (including phenoxy) is 1. The molecule has 4 heteroatoms. The molecule has 0 unspecified atom stereocenters. The van der Waals surface area contributed by atoms with Gasteiger partial charge in [0.25, 0.3) is 0 Å². The standard InChI is InChI=1S/C9H10BrNO2/c1-13-5-4-9(12)8-3-2-7(10)6-11-8/h2-3,6H,4-5H2,1H3. The molecule has 0 saturated carbocycles. The monoisotopic (exact) mass is 243 g/mol. The van der Waals surface area contributed by atoms with Crippen molar-refractivity contribution < 1.29 is 9.53 Å². The molecule has 0 atom stereocenters. The van der Waals surface area contributed by atoms with E-state index in [9.17, 15) is 4.79 Å². The third kappa shape index (κ3) is 3.24. The molecule has 1 rings (SSSR count). The molecule has 0 aliphatic carbocycles. The summed E-state index contributed by atoms with van der Waals surface area (Å²) in [5.41, 5.74) is 0.486. The van der Waals surface area contributed by atoms with Crippen molar-refractivity contribution in [2.75, 3.05) is 13.7 Å². The fourth-order valence-electron chi connectivity index (χ4n) is 0.864. The van der Waals surface area contributed by atoms with Gasteiger partial charge in [0, 0.05) is 24.2 Å². The lowest BCUT2D eigenvalue weighted by Crippen LogP contribution is -2.05. The van der Waals surface area contributed by atoms with Crippen molar-refractivity contribution in [3.05, 3.63) is 28.5 Å². The van der Waals surface area contributed by atoms with E-state index in [-0.39, 0.29) is 5.78 Å². The van der Waals surface area contributed by atoms with Crippen LogP contribution in [0.3, 0.4) is 0 Å². The number of methoxy groups -OCH3 is 1. The minimum atomic E-state index is 0.00866. The maximum Gasteiger partial charge on any atom is 0.183 e. The molecule has 1 heterocycles. The summed E-state index contributed by atoms with van der Waals surface area (Å²) in [7, 11) is 1.57. The Morgan fingerprint density at radius 2 is 2.38 bits per heavy atom. The second-order valence-electron chi connectivity index (χ2n) is 2.53. The van der Waals surface area contributed by atoms with Gasteiger partial charge < -0.3 is 4.74 Å². The first kappa shape index (κ1) is 10.3. The number of nitrogens with zero attached hydrogens (tertiary/aromatic N) is 1. The van der Waals surface area contributed by atoms with Gasteiger partial charge in [0.1, 0.15) is 5.69 Å². The zero-order valence-electron chi connectivity index (χ0n) is 7.29. The molecule has 0 spiro atoms. The van der Waals surface area contributed by atoms with E-state index in [1.165, 1.54) is 0 Å². The van der Waals surface area contributed by atoms with Crippen molar-refractivity contribution in [1.82, 2.24) is 4.98 Å². The molecule has 1 aromatic heterocycles. The van der Waals surface area contributed by atoms with E-state index in [1.54, 1.807) is 25.4 Å². The highest BCUT2D eigenvalue weighted by atomic mass is 79.9. The number of rotatable bonds is 4. The van der Waals surface area contributed by atoms with Gasteiger partial charge in [-0.3, -0.25) is 9.78 Å². The highest BCUT2D eigenvalue weighted by Gasteiger charge is 2.05. The van der Waals surface area contributed by atoms with Crippen LogP contribution in [-0.2, 0) is 4.74 Å². The van der Waals surface area contributed by atoms with Crippen molar-refractivity contribution in [3.8, 4) is 0 Å². The average Bonchev–Trinajstić information content (AvgIpc) is 2.15. The molecule has 0 N–H and O–H groups in total. The van der Waals surface area contributed by atoms with Crippen LogP contribution in [0.5, 0.6) is 0 Å². The second kappa shape index (κ2) is 5.09. The van der Waals surface area contributed by atoms with E-state index >= 15 is 0 Å². The number of hydrogen-bond donors (Lipinski definition) is 0. The maximum atomic E-state index is 11.4. The molecule has 3 nitrogen and oxygen atoms in total. The molecule has 0 amide bonds. The first-order valence-corrected chi connectivity index (χ1v) is 4.67. The number of hydrogen-bond acceptors (Lipinski definition) is 3. The summed E-state index contributed by atoms with van der Waals surface area (Å²) < 4.78 is 5.67. The first-order valence-electron chi connectivity index (χ1n) is 3.87. The molecule has 0 saturated heterocycles. The van der Waals surface area contributed by atoms with Crippen molar-refractivity contribution in [3.63, 3.8) is 0 Å². The molecule has 0 radical (unpaired) electrons. The number of pyridine rings is 1. The van der Waals surface area contributed by atoms with Crippen LogP contribution < -0.4 is 0 Å². The Morgan fingerprint density at radius 3 is 2.92 bits per heavy atom. The lowest BCUT2D eigenvalue weighted by molar-refractivity contribution is 0.0927. The van der Waals surface area contributed by atoms with Gasteiger partial charge in [-0.2, -0.15) is 0 Å². The minimum Gasteiger partial charge on any atom is -0.384 e. The fourth-order valence-corrected chi connectivity index (χ4v) is 1.10. The van der Waals surface area contributed by atoms with Crippen LogP contribution in [-0.4, -0.2) is 24.5 Å². The smallest absolute Gasteiger partial charge is 0.183 e. The average molecular weight is 244 g/mol. The van der Waals surface area contributed by atoms with E-state index in [2.05, 4.69) is 20.9 Å². The highest BCUT2D eigenvalue weighted by Crippen LogP contribution is 2.08. The molecule has 0 fully saturated rings. The summed E-state index contributed by atoms with van der Waals surface area (Å²) in [5, 5.41) is 0. The quantitative estimate of drug-likeness (QED) is 0.761. The molecule has 70 valence electrons. The summed E-state index contributed by atoms with van der Waals surface area (Å²) in [6, 6.07) is 3.50. The van der Waals surface area contributed by atoms with Crippen LogP contribution in [0.2, 0.25) is 0 Å². The number of halogens is 1. The topological polar surface area (TPSA) is 39.2 Å². The summed E-state index contributed by atoms with van der Waals surface area (Å²) >= 11 is 3.25. The molecule has 0 aromatic carbocycles. The molecule has 1 aromatic rings. The van der Waals surface area contributed by atoms with Gasteiger partial charge in [0.05, 0.1) is 6.61 Å². The number of carbonyl (C=O) groups excluding carboxylic acids is 1. The summed E-state index contributed by atoms with van der Waals surface area (Å²) in [5.74, 6) is 0.00866. The van der Waals surface area contributed by atoms with Crippen LogP contribution in [0.1, 0.15) is 16.9 Å². The van der Waals surface area contributed by atoms with Crippen molar-refractivity contribution in [1.29, 1.82) is 0 Å². The maximum absolute atomic E-state index is 11.4. The fraction of sp³-hybridized carbons (Fsp3) is 0.333. The third-order valence-corrected chi connectivity index (χ3v) is 2.02. The van der Waals surface area contributed by atoms with Crippen LogP contribution in [0.4, 0.5) is 0 Å². The predicted molar refractivity (Wildman–Crippen MR) is 52.8 cm³/mol. The lowest BCUT2D eigenvalue weighted by Gasteiger charge is -1.98. The Balaban J connectivity index is 2.61. The number of aromatic nitrogens is 1. The highest BCUT2D eigenvalue weighted by molar-refractivity contribution is 9.10. The Hall–Kier alpha value is -0.740. The van der Waals surface area contributed by atoms with Crippen LogP contribution >= 0.6 is 15.9 Å². The summed E-state index contributed by atoms with van der Waals surface area (Å²) in [4.78, 5) is 15.3. The molecule has 13 heavy (non-hydrogen) atoms. The molecular weight excluding hydrogens is 234 g/mol. The van der Waals surface area contributed by atoms with Gasteiger partial charge in [-0.15, -0.1) is 0 Å². The van der Waals surface area contributed by atoms with E-state index in [1.807, 2.05) is 0 Å². The first-order chi connectivity index (χ1) is 6.24. The second-order valence-corrected chi connectivity index (χ2v) is 3.44. The molecule has 0 aliphatic rings. The van der Waals surface area contributed by atoms with Gasteiger partial charge in [-0.1, -0.05) is 0 Å². The minimum absolute atomic E-state index is 0.00866. The Labute approximate surface area is 85.3 Å². The number of carbonyl (C=O) groups is 1. The largest absolute Gasteiger partial charge is 0.384 e. The molecule has 0 bridgehead atoms. The van der Waals surface area contributed by atoms with Crippen LogP contribution in [0.25, 0.3) is 0 Å². The Morgan fingerprint density at radius 1 is 1.62 bits per heavy atom. The third-order valence-electron chi connectivity index (χ3n) is 1.55. The van der Waals surface area contributed by atoms with Crippen molar-refractivity contribution in [2.45, 2.75) is 6.42 Å². The van der Waals surface area contributed by atoms with Gasteiger partial charge >= 0.3 is 0 Å². The van der Waals surface area contributed by atoms with Gasteiger partial charge in [0.15, 0.2) is 5.78 Å². The van der Waals surface area contributed by atoms with E-state index in [0.717, 1.165) is 4.47 Å².